The van der Waals surface area contributed by atoms with Crippen molar-refractivity contribution in [3.63, 3.8) is 0 Å². The van der Waals surface area contributed by atoms with Crippen LogP contribution in [0.2, 0.25) is 0 Å². The molecule has 0 spiro atoms. The van der Waals surface area contributed by atoms with Gasteiger partial charge in [-0.25, -0.2) is 8.42 Å². The van der Waals surface area contributed by atoms with Crippen LogP contribution in [0.4, 0.5) is 5.69 Å². The summed E-state index contributed by atoms with van der Waals surface area (Å²) >= 11 is 4.74. The molecule has 27 heavy (non-hydrogen) atoms. The number of aliphatic imine (C=N–C) groups is 1. The van der Waals surface area contributed by atoms with Crippen molar-refractivity contribution in [1.82, 2.24) is 0 Å². The first-order chi connectivity index (χ1) is 12.8. The number of carbonyl (C=O) groups is 1. The number of amides is 1. The second-order valence-corrected chi connectivity index (χ2v) is 11.0. The van der Waals surface area contributed by atoms with E-state index in [2.05, 4.69) is 20.9 Å². The van der Waals surface area contributed by atoms with Gasteiger partial charge in [0.1, 0.15) is 0 Å². The van der Waals surface area contributed by atoms with Crippen LogP contribution in [0.5, 0.6) is 0 Å². The molecule has 2 aliphatic heterocycles. The Hall–Kier alpha value is -1.64. The number of rotatable bonds is 2. The molecule has 0 unspecified atom stereocenters. The van der Waals surface area contributed by atoms with E-state index < -0.39 is 9.84 Å². The first kappa shape index (κ1) is 18.7. The Kier molecular flexibility index (Phi) is 4.90. The van der Waals surface area contributed by atoms with Gasteiger partial charge in [-0.15, -0.1) is 0 Å². The zero-order chi connectivity index (χ0) is 19.2. The van der Waals surface area contributed by atoms with Crippen LogP contribution >= 0.6 is 27.7 Å². The Morgan fingerprint density at radius 2 is 1.93 bits per heavy atom. The Labute approximate surface area is 170 Å². The molecule has 4 rings (SSSR count). The molecule has 5 nitrogen and oxygen atoms in total. The molecular weight excluding hydrogens is 448 g/mol. The summed E-state index contributed by atoms with van der Waals surface area (Å²) in [5, 5.41) is 0.463. The van der Waals surface area contributed by atoms with Crippen molar-refractivity contribution in [2.45, 2.75) is 18.2 Å². The van der Waals surface area contributed by atoms with Crippen LogP contribution in [0, 0.1) is 6.92 Å². The van der Waals surface area contributed by atoms with Crippen LogP contribution in [-0.4, -0.2) is 42.3 Å². The summed E-state index contributed by atoms with van der Waals surface area (Å²) < 4.78 is 25.1. The minimum absolute atomic E-state index is 0.0874. The Morgan fingerprint density at radius 3 is 2.63 bits per heavy atom. The monoisotopic (exact) mass is 464 g/mol. The molecular formula is C19H17BrN2O3S2. The van der Waals surface area contributed by atoms with Crippen molar-refractivity contribution in [2.24, 2.45) is 4.99 Å². The van der Waals surface area contributed by atoms with E-state index in [1.807, 2.05) is 36.1 Å². The molecule has 2 heterocycles. The van der Waals surface area contributed by atoms with E-state index in [1.165, 1.54) is 11.8 Å². The molecule has 8 heteroatoms. The molecule has 2 aromatic carbocycles. The van der Waals surface area contributed by atoms with Gasteiger partial charge in [-0.2, -0.15) is 4.99 Å². The highest BCUT2D eigenvalue weighted by Gasteiger charge is 2.49. The molecule has 0 saturated carbocycles. The van der Waals surface area contributed by atoms with Crippen LogP contribution in [-0.2, 0) is 9.84 Å². The predicted octanol–water partition coefficient (Wildman–Crippen LogP) is 3.67. The fraction of sp³-hybridized carbons (Fsp3) is 0.263. The Balaban J connectivity index is 1.72. The molecule has 140 valence electrons. The summed E-state index contributed by atoms with van der Waals surface area (Å²) in [4.78, 5) is 18.9. The van der Waals surface area contributed by atoms with Crippen molar-refractivity contribution in [1.29, 1.82) is 0 Å². The van der Waals surface area contributed by atoms with E-state index in [0.29, 0.717) is 10.7 Å². The Bertz CT molecular complexity index is 1040. The van der Waals surface area contributed by atoms with Crippen LogP contribution in [0.3, 0.4) is 0 Å². The van der Waals surface area contributed by atoms with Crippen molar-refractivity contribution in [2.75, 3.05) is 16.4 Å². The van der Waals surface area contributed by atoms with Gasteiger partial charge in [-0.05, 0) is 48.9 Å². The maximum atomic E-state index is 12.6. The highest BCUT2D eigenvalue weighted by molar-refractivity contribution is 9.10. The van der Waals surface area contributed by atoms with Gasteiger partial charge in [-0.3, -0.25) is 4.79 Å². The number of hydrogen-bond donors (Lipinski definition) is 0. The summed E-state index contributed by atoms with van der Waals surface area (Å²) in [5.74, 6) is -0.120. The average Bonchev–Trinajstić information content (AvgIpc) is 3.06. The van der Waals surface area contributed by atoms with Gasteiger partial charge in [0.05, 0.1) is 17.5 Å². The van der Waals surface area contributed by atoms with E-state index in [1.54, 1.807) is 24.3 Å². The summed E-state index contributed by atoms with van der Waals surface area (Å²) in [6, 6.07) is 14.7. The fourth-order valence-electron chi connectivity index (χ4n) is 3.39. The molecule has 2 fully saturated rings. The smallest absolute Gasteiger partial charge is 0.279 e. The number of carbonyl (C=O) groups excluding carboxylic acids is 1. The minimum atomic E-state index is -3.07. The van der Waals surface area contributed by atoms with E-state index >= 15 is 0 Å². The van der Waals surface area contributed by atoms with Crippen molar-refractivity contribution in [3.8, 4) is 0 Å². The summed E-state index contributed by atoms with van der Waals surface area (Å²) in [5.41, 5.74) is 2.44. The average molecular weight is 465 g/mol. The number of anilines is 1. The van der Waals surface area contributed by atoms with E-state index in [4.69, 9.17) is 0 Å². The van der Waals surface area contributed by atoms with Crippen LogP contribution in [0.15, 0.2) is 58.0 Å². The third kappa shape index (κ3) is 3.83. The standard InChI is InChI=1S/C19H17BrN2O3S2/c1-12-3-2-4-15(9-12)22-16-10-27(24,25)11-17(16)26-19(22)21-18(23)13-5-7-14(20)8-6-13/h2-9,16-17H,10-11H2,1H3/t16-,17-/m0/s1. The second-order valence-electron chi connectivity index (χ2n) is 6.72. The third-order valence-corrected chi connectivity index (χ3v) is 8.37. The van der Waals surface area contributed by atoms with Crippen molar-refractivity contribution < 1.29 is 13.2 Å². The number of nitrogens with zero attached hydrogens (tertiary/aromatic N) is 2. The van der Waals surface area contributed by atoms with Crippen molar-refractivity contribution >= 4 is 54.3 Å². The van der Waals surface area contributed by atoms with Gasteiger partial charge >= 0.3 is 0 Å². The molecule has 2 atom stereocenters. The SMILES string of the molecule is Cc1cccc(N2C(=NC(=O)c3ccc(Br)cc3)S[C@H]3CS(=O)(=O)C[C@@H]32)c1. The summed E-state index contributed by atoms with van der Waals surface area (Å²) in [6.07, 6.45) is 0. The van der Waals surface area contributed by atoms with E-state index in [-0.39, 0.29) is 28.7 Å². The minimum Gasteiger partial charge on any atom is -0.316 e. The number of aryl methyl sites for hydroxylation is 1. The first-order valence-corrected chi connectivity index (χ1v) is 11.9. The molecule has 2 aliphatic rings. The number of benzene rings is 2. The molecule has 2 saturated heterocycles. The third-order valence-electron chi connectivity index (χ3n) is 4.63. The Morgan fingerprint density at radius 1 is 1.19 bits per heavy atom. The second kappa shape index (κ2) is 7.07. The predicted molar refractivity (Wildman–Crippen MR) is 113 cm³/mol. The number of hydrogen-bond acceptors (Lipinski definition) is 4. The van der Waals surface area contributed by atoms with Crippen molar-refractivity contribution in [3.05, 3.63) is 64.1 Å². The van der Waals surface area contributed by atoms with Gasteiger partial charge in [0.15, 0.2) is 15.0 Å². The van der Waals surface area contributed by atoms with Gasteiger partial charge in [0.2, 0.25) is 0 Å². The van der Waals surface area contributed by atoms with Gasteiger partial charge < -0.3 is 4.90 Å². The number of fused-ring (bicyclic) bond motifs is 1. The normalized spacial score (nSPS) is 25.0. The topological polar surface area (TPSA) is 66.8 Å². The van der Waals surface area contributed by atoms with Gasteiger partial charge in [0, 0.05) is 21.0 Å². The summed E-state index contributed by atoms with van der Waals surface area (Å²) in [7, 11) is -3.07. The molecule has 0 radical (unpaired) electrons. The number of thioether (sulfide) groups is 1. The summed E-state index contributed by atoms with van der Waals surface area (Å²) in [6.45, 7) is 1.99. The zero-order valence-corrected chi connectivity index (χ0v) is 17.7. The zero-order valence-electron chi connectivity index (χ0n) is 14.5. The lowest BCUT2D eigenvalue weighted by Crippen LogP contribution is -2.37. The highest BCUT2D eigenvalue weighted by Crippen LogP contribution is 2.41. The van der Waals surface area contributed by atoms with Crippen LogP contribution in [0.25, 0.3) is 0 Å². The molecule has 0 aromatic heterocycles. The lowest BCUT2D eigenvalue weighted by Gasteiger charge is -2.24. The van der Waals surface area contributed by atoms with Gasteiger partial charge in [0.25, 0.3) is 5.91 Å². The largest absolute Gasteiger partial charge is 0.316 e. The van der Waals surface area contributed by atoms with E-state index in [0.717, 1.165) is 15.7 Å². The number of sulfone groups is 1. The maximum Gasteiger partial charge on any atom is 0.279 e. The van der Waals surface area contributed by atoms with Gasteiger partial charge in [-0.1, -0.05) is 39.8 Å². The molecule has 0 N–H and O–H groups in total. The van der Waals surface area contributed by atoms with E-state index in [9.17, 15) is 13.2 Å². The molecule has 0 bridgehead atoms. The highest BCUT2D eigenvalue weighted by atomic mass is 79.9. The maximum absolute atomic E-state index is 12.6. The quantitative estimate of drug-likeness (QED) is 0.677. The van der Waals surface area contributed by atoms with Crippen LogP contribution < -0.4 is 4.90 Å². The molecule has 2 aromatic rings. The number of amidine groups is 1. The first-order valence-electron chi connectivity index (χ1n) is 8.44. The number of halogens is 1. The molecule has 0 aliphatic carbocycles. The lowest BCUT2D eigenvalue weighted by atomic mass is 10.1. The van der Waals surface area contributed by atoms with Crippen LogP contribution in [0.1, 0.15) is 15.9 Å². The lowest BCUT2D eigenvalue weighted by molar-refractivity contribution is 0.100. The molecule has 1 amide bonds. The fourth-order valence-corrected chi connectivity index (χ4v) is 7.56.